The summed E-state index contributed by atoms with van der Waals surface area (Å²) in [5.41, 5.74) is 1.62. The molecular formula is C22H33BrN2O3. The highest BCUT2D eigenvalue weighted by molar-refractivity contribution is 9.09. The van der Waals surface area contributed by atoms with Gasteiger partial charge in [-0.05, 0) is 70.1 Å². The van der Waals surface area contributed by atoms with E-state index in [4.69, 9.17) is 4.74 Å². The van der Waals surface area contributed by atoms with Crippen molar-refractivity contribution in [2.45, 2.75) is 70.8 Å². The molecule has 2 rings (SSSR count). The van der Waals surface area contributed by atoms with E-state index in [2.05, 4.69) is 33.4 Å². The number of ether oxygens (including phenoxy) is 1. The number of nitrogens with one attached hydrogen (secondary N) is 1. The van der Waals surface area contributed by atoms with Crippen LogP contribution in [0.1, 0.15) is 70.8 Å². The Morgan fingerprint density at radius 1 is 1.18 bits per heavy atom. The van der Waals surface area contributed by atoms with Crippen molar-refractivity contribution >= 4 is 33.6 Å². The largest absolute Gasteiger partial charge is 0.444 e. The summed E-state index contributed by atoms with van der Waals surface area (Å²) in [6.45, 7) is 7.06. The van der Waals surface area contributed by atoms with Gasteiger partial charge in [-0.1, -0.05) is 34.5 Å². The highest BCUT2D eigenvalue weighted by atomic mass is 79.9. The Kier molecular flexibility index (Phi) is 8.80. The van der Waals surface area contributed by atoms with Crippen LogP contribution in [0.5, 0.6) is 0 Å². The Morgan fingerprint density at radius 3 is 2.54 bits per heavy atom. The summed E-state index contributed by atoms with van der Waals surface area (Å²) in [5.74, 6) is 0.473. The molecule has 2 amide bonds. The minimum atomic E-state index is -0.464. The summed E-state index contributed by atoms with van der Waals surface area (Å²) in [5, 5.41) is 4.01. The molecule has 1 aromatic rings. The summed E-state index contributed by atoms with van der Waals surface area (Å²) in [6.07, 6.45) is 5.23. The second-order valence-electron chi connectivity index (χ2n) is 8.41. The van der Waals surface area contributed by atoms with E-state index in [1.165, 1.54) is 5.56 Å². The molecule has 1 aliphatic heterocycles. The van der Waals surface area contributed by atoms with Crippen molar-refractivity contribution in [1.29, 1.82) is 0 Å². The summed E-state index contributed by atoms with van der Waals surface area (Å²) in [6, 6.07) is 8.12. The van der Waals surface area contributed by atoms with Gasteiger partial charge in [0.15, 0.2) is 0 Å². The van der Waals surface area contributed by atoms with Gasteiger partial charge in [-0.25, -0.2) is 4.79 Å². The van der Waals surface area contributed by atoms with Crippen molar-refractivity contribution in [2.24, 2.45) is 0 Å². The summed E-state index contributed by atoms with van der Waals surface area (Å²) < 4.78 is 5.47. The minimum absolute atomic E-state index is 0.0754. The molecule has 156 valence electrons. The van der Waals surface area contributed by atoms with Crippen LogP contribution in [-0.2, 0) is 9.53 Å². The minimum Gasteiger partial charge on any atom is -0.444 e. The molecule has 1 heterocycles. The van der Waals surface area contributed by atoms with E-state index in [9.17, 15) is 9.59 Å². The molecule has 0 bridgehead atoms. The Balaban J connectivity index is 1.84. The average Bonchev–Trinajstić information content (AvgIpc) is 2.64. The first-order valence-electron chi connectivity index (χ1n) is 10.2. The number of likely N-dealkylation sites (tertiary alicyclic amines) is 1. The number of hydrogen-bond acceptors (Lipinski definition) is 3. The molecule has 1 N–H and O–H groups in total. The molecule has 0 atom stereocenters. The lowest BCUT2D eigenvalue weighted by Gasteiger charge is -2.33. The fraction of sp³-hybridized carbons (Fsp3) is 0.636. The number of amides is 2. The van der Waals surface area contributed by atoms with E-state index in [0.29, 0.717) is 25.4 Å². The Morgan fingerprint density at radius 2 is 1.89 bits per heavy atom. The monoisotopic (exact) mass is 452 g/mol. The molecule has 0 aliphatic carbocycles. The molecule has 0 unspecified atom stereocenters. The summed E-state index contributed by atoms with van der Waals surface area (Å²) in [4.78, 5) is 26.1. The Bertz CT molecular complexity index is 649. The second kappa shape index (κ2) is 10.8. The number of unbranched alkanes of at least 4 members (excludes halogenated alkanes) is 2. The van der Waals surface area contributed by atoms with E-state index >= 15 is 0 Å². The van der Waals surface area contributed by atoms with E-state index in [1.54, 1.807) is 4.90 Å². The van der Waals surface area contributed by atoms with Gasteiger partial charge in [-0.2, -0.15) is 0 Å². The Hall–Kier alpha value is -1.56. The predicted octanol–water partition coefficient (Wildman–Crippen LogP) is 5.69. The Labute approximate surface area is 177 Å². The zero-order chi connectivity index (χ0) is 20.6. The number of anilines is 1. The normalized spacial score (nSPS) is 15.4. The van der Waals surface area contributed by atoms with E-state index < -0.39 is 5.60 Å². The molecule has 28 heavy (non-hydrogen) atoms. The smallest absolute Gasteiger partial charge is 0.410 e. The molecular weight excluding hydrogens is 420 g/mol. The molecule has 1 saturated heterocycles. The second-order valence-corrected chi connectivity index (χ2v) is 9.21. The molecule has 6 heteroatoms. The molecule has 1 aliphatic rings. The van der Waals surface area contributed by atoms with Gasteiger partial charge in [0.2, 0.25) is 5.91 Å². The number of alkyl halides is 1. The lowest BCUT2D eigenvalue weighted by Crippen LogP contribution is -2.41. The molecule has 0 saturated carbocycles. The fourth-order valence-electron chi connectivity index (χ4n) is 3.37. The van der Waals surface area contributed by atoms with Gasteiger partial charge >= 0.3 is 6.09 Å². The van der Waals surface area contributed by atoms with Crippen LogP contribution in [0, 0.1) is 0 Å². The van der Waals surface area contributed by atoms with Crippen molar-refractivity contribution in [3.05, 3.63) is 29.8 Å². The highest BCUT2D eigenvalue weighted by Gasteiger charge is 2.27. The molecule has 0 radical (unpaired) electrons. The average molecular weight is 453 g/mol. The van der Waals surface area contributed by atoms with Gasteiger partial charge in [-0.15, -0.1) is 0 Å². The maximum atomic E-state index is 12.2. The number of rotatable bonds is 7. The van der Waals surface area contributed by atoms with E-state index in [0.717, 1.165) is 43.1 Å². The van der Waals surface area contributed by atoms with Crippen LogP contribution in [-0.4, -0.2) is 40.9 Å². The number of nitrogens with zero attached hydrogens (tertiary/aromatic N) is 1. The number of benzene rings is 1. The maximum Gasteiger partial charge on any atom is 0.410 e. The molecule has 0 spiro atoms. The zero-order valence-electron chi connectivity index (χ0n) is 17.3. The predicted molar refractivity (Wildman–Crippen MR) is 117 cm³/mol. The van der Waals surface area contributed by atoms with Gasteiger partial charge in [0.05, 0.1) is 0 Å². The van der Waals surface area contributed by atoms with Crippen LogP contribution in [0.15, 0.2) is 24.3 Å². The first kappa shape index (κ1) is 22.7. The number of piperidine rings is 1. The van der Waals surface area contributed by atoms with Crippen LogP contribution in [0.4, 0.5) is 10.5 Å². The first-order chi connectivity index (χ1) is 13.3. The number of carbonyl (C=O) groups is 2. The van der Waals surface area contributed by atoms with Crippen molar-refractivity contribution in [1.82, 2.24) is 4.90 Å². The third-order valence-electron chi connectivity index (χ3n) is 4.83. The number of hydrogen-bond donors (Lipinski definition) is 1. The quantitative estimate of drug-likeness (QED) is 0.426. The first-order valence-corrected chi connectivity index (χ1v) is 11.3. The molecule has 0 aromatic heterocycles. The van der Waals surface area contributed by atoms with Gasteiger partial charge in [0.1, 0.15) is 5.60 Å². The SMILES string of the molecule is CC(C)(C)OC(=O)N1CCC(c2cccc(NC(=O)CCCCCBr)c2)CC1. The highest BCUT2D eigenvalue weighted by Crippen LogP contribution is 2.30. The van der Waals surface area contributed by atoms with Gasteiger partial charge in [0, 0.05) is 30.5 Å². The maximum absolute atomic E-state index is 12.2. The van der Waals surface area contributed by atoms with Gasteiger partial charge in [0.25, 0.3) is 0 Å². The van der Waals surface area contributed by atoms with Crippen LogP contribution in [0.2, 0.25) is 0 Å². The lowest BCUT2D eigenvalue weighted by atomic mass is 9.89. The van der Waals surface area contributed by atoms with E-state index in [1.807, 2.05) is 32.9 Å². The summed E-state index contributed by atoms with van der Waals surface area (Å²) in [7, 11) is 0. The third-order valence-corrected chi connectivity index (χ3v) is 5.39. The van der Waals surface area contributed by atoms with Crippen LogP contribution < -0.4 is 5.32 Å². The third kappa shape index (κ3) is 7.82. The van der Waals surface area contributed by atoms with Crippen LogP contribution in [0.25, 0.3) is 0 Å². The van der Waals surface area contributed by atoms with Crippen LogP contribution >= 0.6 is 15.9 Å². The number of carbonyl (C=O) groups excluding carboxylic acids is 2. The van der Waals surface area contributed by atoms with Crippen molar-refractivity contribution in [3.8, 4) is 0 Å². The van der Waals surface area contributed by atoms with Gasteiger partial charge in [-0.3, -0.25) is 4.79 Å². The number of halogens is 1. The van der Waals surface area contributed by atoms with Crippen molar-refractivity contribution < 1.29 is 14.3 Å². The molecule has 5 nitrogen and oxygen atoms in total. The zero-order valence-corrected chi connectivity index (χ0v) is 18.9. The molecule has 1 fully saturated rings. The van der Waals surface area contributed by atoms with E-state index in [-0.39, 0.29) is 12.0 Å². The van der Waals surface area contributed by atoms with Crippen molar-refractivity contribution in [3.63, 3.8) is 0 Å². The van der Waals surface area contributed by atoms with Crippen molar-refractivity contribution in [2.75, 3.05) is 23.7 Å². The fourth-order valence-corrected chi connectivity index (χ4v) is 3.77. The lowest BCUT2D eigenvalue weighted by molar-refractivity contribution is -0.116. The van der Waals surface area contributed by atoms with Gasteiger partial charge < -0.3 is 15.0 Å². The standard InChI is InChI=1S/C22H33BrN2O3/c1-22(2,3)28-21(27)25-14-11-17(12-15-25)18-8-7-9-19(16-18)24-20(26)10-5-4-6-13-23/h7-9,16-17H,4-6,10-15H2,1-3H3,(H,24,26). The topological polar surface area (TPSA) is 58.6 Å². The molecule has 1 aromatic carbocycles. The summed E-state index contributed by atoms with van der Waals surface area (Å²) >= 11 is 3.41. The van der Waals surface area contributed by atoms with Crippen LogP contribution in [0.3, 0.4) is 0 Å².